The van der Waals surface area contributed by atoms with Gasteiger partial charge in [-0.15, -0.1) is 5.10 Å². The Bertz CT molecular complexity index is 369. The Balaban J connectivity index is 2.14. The van der Waals surface area contributed by atoms with Crippen molar-refractivity contribution in [1.29, 1.82) is 0 Å². The second kappa shape index (κ2) is 9.72. The third-order valence-electron chi connectivity index (χ3n) is 2.58. The zero-order valence-corrected chi connectivity index (χ0v) is 12.5. The van der Waals surface area contributed by atoms with Crippen LogP contribution in [0.3, 0.4) is 0 Å². The Morgan fingerprint density at radius 1 is 1.11 bits per heavy atom. The lowest BCUT2D eigenvalue weighted by molar-refractivity contribution is 0.0525. The lowest BCUT2D eigenvalue weighted by Crippen LogP contribution is -2.03. The first kappa shape index (κ1) is 15.9. The largest absolute Gasteiger partial charge is 0.469 e. The Morgan fingerprint density at radius 3 is 2.58 bits per heavy atom. The summed E-state index contributed by atoms with van der Waals surface area (Å²) in [4.78, 5) is 11.4. The first-order chi connectivity index (χ1) is 9.27. The van der Waals surface area contributed by atoms with Crippen LogP contribution in [-0.2, 0) is 4.74 Å². The third kappa shape index (κ3) is 6.52. The molecule has 0 atom stereocenters. The van der Waals surface area contributed by atoms with Gasteiger partial charge in [0.15, 0.2) is 0 Å². The second-order valence-corrected chi connectivity index (χ2v) is 5.15. The number of hydrogen-bond donors (Lipinski definition) is 0. The molecule has 0 radical (unpaired) electrons. The first-order valence-corrected chi connectivity index (χ1v) is 7.73. The molecule has 0 unspecified atom stereocenters. The van der Waals surface area contributed by atoms with Crippen molar-refractivity contribution in [2.24, 2.45) is 0 Å². The van der Waals surface area contributed by atoms with Gasteiger partial charge in [0.25, 0.3) is 5.19 Å². The van der Waals surface area contributed by atoms with Crippen molar-refractivity contribution in [2.75, 3.05) is 13.2 Å². The Morgan fingerprint density at radius 2 is 1.84 bits per heavy atom. The summed E-state index contributed by atoms with van der Waals surface area (Å²) in [6.45, 7) is 4.94. The smallest absolute Gasteiger partial charge is 0.369 e. The number of carbonyl (C=O) groups excluding carboxylic acids is 1. The van der Waals surface area contributed by atoms with E-state index in [2.05, 4.69) is 17.1 Å². The van der Waals surface area contributed by atoms with Crippen molar-refractivity contribution >= 4 is 17.3 Å². The van der Waals surface area contributed by atoms with Crippen molar-refractivity contribution in [3.63, 3.8) is 0 Å². The highest BCUT2D eigenvalue weighted by Gasteiger charge is 2.14. The maximum Gasteiger partial charge on any atom is 0.369 e. The number of hydrogen-bond acceptors (Lipinski definition) is 6. The van der Waals surface area contributed by atoms with E-state index >= 15 is 0 Å². The maximum absolute atomic E-state index is 11.4. The summed E-state index contributed by atoms with van der Waals surface area (Å²) >= 11 is 1.13. The Kier molecular flexibility index (Phi) is 8.13. The van der Waals surface area contributed by atoms with Gasteiger partial charge in [-0.2, -0.15) is 0 Å². The van der Waals surface area contributed by atoms with Crippen LogP contribution in [-0.4, -0.2) is 29.4 Å². The highest BCUT2D eigenvalue weighted by molar-refractivity contribution is 7.14. The van der Waals surface area contributed by atoms with Crippen LogP contribution in [0.5, 0.6) is 5.19 Å². The summed E-state index contributed by atoms with van der Waals surface area (Å²) in [5, 5.41) is 8.25. The third-order valence-corrected chi connectivity index (χ3v) is 3.40. The Hall–Kier alpha value is -1.17. The summed E-state index contributed by atoms with van der Waals surface area (Å²) < 4.78 is 10.3. The summed E-state index contributed by atoms with van der Waals surface area (Å²) in [5.74, 6) is -0.436. The van der Waals surface area contributed by atoms with Crippen LogP contribution in [0.15, 0.2) is 0 Å². The van der Waals surface area contributed by atoms with Gasteiger partial charge in [0.1, 0.15) is 0 Å². The number of carbonyl (C=O) groups is 1. The first-order valence-electron chi connectivity index (χ1n) is 6.91. The van der Waals surface area contributed by atoms with E-state index in [0.29, 0.717) is 18.4 Å². The van der Waals surface area contributed by atoms with Crippen LogP contribution in [0.1, 0.15) is 62.2 Å². The van der Waals surface area contributed by atoms with E-state index < -0.39 is 5.97 Å². The molecular formula is C13H22N2O3S. The lowest BCUT2D eigenvalue weighted by atomic mass is 10.1. The SMILES string of the molecule is CCCCCCCCOc1nnc(C(=O)OCC)s1. The molecule has 0 saturated heterocycles. The number of unbranched alkanes of at least 4 members (excludes halogenated alkanes) is 5. The molecule has 19 heavy (non-hydrogen) atoms. The molecule has 0 fully saturated rings. The second-order valence-electron chi connectivity index (χ2n) is 4.21. The molecule has 1 aromatic rings. The summed E-state index contributed by atoms with van der Waals surface area (Å²) in [7, 11) is 0. The average molecular weight is 286 g/mol. The number of ether oxygens (including phenoxy) is 2. The van der Waals surface area contributed by atoms with Gasteiger partial charge in [-0.3, -0.25) is 0 Å². The van der Waals surface area contributed by atoms with Crippen LogP contribution >= 0.6 is 11.3 Å². The highest BCUT2D eigenvalue weighted by Crippen LogP contribution is 2.19. The van der Waals surface area contributed by atoms with Gasteiger partial charge < -0.3 is 9.47 Å². The van der Waals surface area contributed by atoms with Crippen molar-refractivity contribution in [3.8, 4) is 5.19 Å². The van der Waals surface area contributed by atoms with Gasteiger partial charge in [0.05, 0.1) is 13.2 Å². The number of rotatable bonds is 10. The predicted octanol–water partition coefficient (Wildman–Crippen LogP) is 3.45. The zero-order chi connectivity index (χ0) is 13.9. The predicted molar refractivity (Wildman–Crippen MR) is 74.7 cm³/mol. The van der Waals surface area contributed by atoms with Crippen molar-refractivity contribution < 1.29 is 14.3 Å². The molecule has 6 heteroatoms. The molecule has 0 spiro atoms. The minimum Gasteiger partial charge on any atom is -0.469 e. The van der Waals surface area contributed by atoms with Gasteiger partial charge in [-0.05, 0) is 24.7 Å². The van der Waals surface area contributed by atoms with Crippen molar-refractivity contribution in [1.82, 2.24) is 10.2 Å². The summed E-state index contributed by atoms with van der Waals surface area (Å²) in [6, 6.07) is 0. The van der Waals surface area contributed by atoms with Gasteiger partial charge in [-0.25, -0.2) is 4.79 Å². The summed E-state index contributed by atoms with van der Waals surface area (Å²) in [5.41, 5.74) is 0. The fourth-order valence-electron chi connectivity index (χ4n) is 1.59. The van der Waals surface area contributed by atoms with Gasteiger partial charge in [0, 0.05) is 0 Å². The molecular weight excluding hydrogens is 264 g/mol. The molecule has 0 amide bonds. The molecule has 0 saturated carbocycles. The lowest BCUT2D eigenvalue weighted by Gasteiger charge is -2.01. The summed E-state index contributed by atoms with van der Waals surface area (Å²) in [6.07, 6.45) is 7.29. The maximum atomic E-state index is 11.4. The number of nitrogens with zero attached hydrogens (tertiary/aromatic N) is 2. The monoisotopic (exact) mass is 286 g/mol. The molecule has 108 valence electrons. The van der Waals surface area contributed by atoms with E-state index in [9.17, 15) is 4.79 Å². The molecule has 0 aliphatic heterocycles. The van der Waals surface area contributed by atoms with E-state index in [-0.39, 0.29) is 5.01 Å². The Labute approximate surface area is 118 Å². The molecule has 0 aliphatic rings. The van der Waals surface area contributed by atoms with Gasteiger partial charge >= 0.3 is 5.97 Å². The van der Waals surface area contributed by atoms with Gasteiger partial charge in [-0.1, -0.05) is 44.1 Å². The molecule has 0 N–H and O–H groups in total. The molecule has 1 rings (SSSR count). The molecule has 0 aliphatic carbocycles. The van der Waals surface area contributed by atoms with Crippen LogP contribution in [0.4, 0.5) is 0 Å². The normalized spacial score (nSPS) is 10.4. The van der Waals surface area contributed by atoms with Crippen molar-refractivity contribution in [2.45, 2.75) is 52.4 Å². The number of aromatic nitrogens is 2. The van der Waals surface area contributed by atoms with Crippen molar-refractivity contribution in [3.05, 3.63) is 5.01 Å². The standard InChI is InChI=1S/C13H22N2O3S/c1-3-5-6-7-8-9-10-18-13-15-14-11(19-13)12(16)17-4-2/h3-10H2,1-2H3. The van der Waals surface area contributed by atoms with Crippen LogP contribution in [0.2, 0.25) is 0 Å². The van der Waals surface area contributed by atoms with Gasteiger partial charge in [0.2, 0.25) is 5.01 Å². The molecule has 1 aromatic heterocycles. The zero-order valence-electron chi connectivity index (χ0n) is 11.7. The van der Waals surface area contributed by atoms with Crippen LogP contribution in [0, 0.1) is 0 Å². The van der Waals surface area contributed by atoms with E-state index in [0.717, 1.165) is 17.8 Å². The molecule has 0 bridgehead atoms. The van der Waals surface area contributed by atoms with E-state index in [1.807, 2.05) is 0 Å². The topological polar surface area (TPSA) is 61.3 Å². The van der Waals surface area contributed by atoms with E-state index in [1.54, 1.807) is 6.92 Å². The minimum atomic E-state index is -0.436. The molecule has 0 aromatic carbocycles. The van der Waals surface area contributed by atoms with Crippen LogP contribution in [0.25, 0.3) is 0 Å². The quantitative estimate of drug-likeness (QED) is 0.487. The highest BCUT2D eigenvalue weighted by atomic mass is 32.1. The fraction of sp³-hybridized carbons (Fsp3) is 0.769. The number of esters is 1. The van der Waals surface area contributed by atoms with E-state index in [1.165, 1.54) is 32.1 Å². The molecule has 5 nitrogen and oxygen atoms in total. The average Bonchev–Trinajstić information content (AvgIpc) is 2.87. The van der Waals surface area contributed by atoms with E-state index in [4.69, 9.17) is 9.47 Å². The molecule has 1 heterocycles. The fourth-order valence-corrected chi connectivity index (χ4v) is 2.20. The van der Waals surface area contributed by atoms with Crippen LogP contribution < -0.4 is 4.74 Å². The minimum absolute atomic E-state index is 0.250.